The van der Waals surface area contributed by atoms with Gasteiger partial charge in [-0.2, -0.15) is 0 Å². The molecule has 0 aromatic heterocycles. The average Bonchev–Trinajstić information content (AvgIpc) is 2.28. The minimum absolute atomic E-state index is 0.0977. The lowest BCUT2D eigenvalue weighted by atomic mass is 9.99. The molecule has 4 heteroatoms. The third kappa shape index (κ3) is 2.15. The van der Waals surface area contributed by atoms with Crippen LogP contribution in [-0.4, -0.2) is 11.1 Å². The number of carboxylic acid groups (broad SMARTS) is 1. The predicted octanol–water partition coefficient (Wildman–Crippen LogP) is 3.33. The van der Waals surface area contributed by atoms with E-state index in [1.807, 2.05) is 0 Å². The van der Waals surface area contributed by atoms with Crippen LogP contribution in [0.15, 0.2) is 42.5 Å². The van der Waals surface area contributed by atoms with Gasteiger partial charge in [-0.3, -0.25) is 0 Å². The molecule has 0 atom stereocenters. The molecule has 0 amide bonds. The standard InChI is InChI=1S/C13H8F2O2/c14-9-4-1-3-8(7-9)12-10(13(16)17)5-2-6-11(12)15/h1-7H,(H,16,17). The zero-order valence-corrected chi connectivity index (χ0v) is 8.65. The molecular formula is C13H8F2O2. The quantitative estimate of drug-likeness (QED) is 0.865. The Morgan fingerprint density at radius 2 is 1.76 bits per heavy atom. The Kier molecular flexibility index (Phi) is 2.87. The first kappa shape index (κ1) is 11.3. The number of halogens is 2. The minimum Gasteiger partial charge on any atom is -0.478 e. The third-order valence-corrected chi connectivity index (χ3v) is 2.36. The Labute approximate surface area is 96.1 Å². The van der Waals surface area contributed by atoms with Crippen molar-refractivity contribution in [2.24, 2.45) is 0 Å². The summed E-state index contributed by atoms with van der Waals surface area (Å²) >= 11 is 0. The predicted molar refractivity (Wildman–Crippen MR) is 58.8 cm³/mol. The fourth-order valence-electron chi connectivity index (χ4n) is 1.64. The SMILES string of the molecule is O=C(O)c1cccc(F)c1-c1cccc(F)c1. The summed E-state index contributed by atoms with van der Waals surface area (Å²) in [6.45, 7) is 0. The first-order chi connectivity index (χ1) is 8.09. The number of rotatable bonds is 2. The van der Waals surface area contributed by atoms with Crippen molar-refractivity contribution in [1.82, 2.24) is 0 Å². The molecule has 0 unspecified atom stereocenters. The second-order valence-electron chi connectivity index (χ2n) is 3.48. The molecule has 86 valence electrons. The second-order valence-corrected chi connectivity index (χ2v) is 3.48. The monoisotopic (exact) mass is 234 g/mol. The zero-order chi connectivity index (χ0) is 12.4. The van der Waals surface area contributed by atoms with Crippen molar-refractivity contribution in [3.05, 3.63) is 59.7 Å². The van der Waals surface area contributed by atoms with Crippen molar-refractivity contribution in [3.8, 4) is 11.1 Å². The smallest absolute Gasteiger partial charge is 0.336 e. The summed E-state index contributed by atoms with van der Waals surface area (Å²) in [5.41, 5.74) is -0.0735. The molecule has 2 nitrogen and oxygen atoms in total. The number of hydrogen-bond donors (Lipinski definition) is 1. The number of carboxylic acids is 1. The van der Waals surface area contributed by atoms with Gasteiger partial charge < -0.3 is 5.11 Å². The van der Waals surface area contributed by atoms with E-state index >= 15 is 0 Å². The highest BCUT2D eigenvalue weighted by atomic mass is 19.1. The maximum absolute atomic E-state index is 13.6. The Morgan fingerprint density at radius 1 is 1.06 bits per heavy atom. The molecule has 0 aliphatic rings. The zero-order valence-electron chi connectivity index (χ0n) is 8.65. The summed E-state index contributed by atoms with van der Waals surface area (Å²) in [7, 11) is 0. The molecule has 0 heterocycles. The Morgan fingerprint density at radius 3 is 2.41 bits per heavy atom. The highest BCUT2D eigenvalue weighted by Gasteiger charge is 2.15. The van der Waals surface area contributed by atoms with E-state index in [-0.39, 0.29) is 16.7 Å². The van der Waals surface area contributed by atoms with Gasteiger partial charge in [0.05, 0.1) is 5.56 Å². The normalized spacial score (nSPS) is 10.2. The van der Waals surface area contributed by atoms with E-state index in [2.05, 4.69) is 0 Å². The maximum Gasteiger partial charge on any atom is 0.336 e. The van der Waals surface area contributed by atoms with Crippen LogP contribution in [0.5, 0.6) is 0 Å². The molecule has 0 saturated heterocycles. The fraction of sp³-hybridized carbons (Fsp3) is 0. The van der Waals surface area contributed by atoms with Crippen molar-refractivity contribution in [3.63, 3.8) is 0 Å². The average molecular weight is 234 g/mol. The highest BCUT2D eigenvalue weighted by Crippen LogP contribution is 2.27. The summed E-state index contributed by atoms with van der Waals surface area (Å²) in [5.74, 6) is -2.47. The van der Waals surface area contributed by atoms with Crippen LogP contribution in [0.1, 0.15) is 10.4 Å². The molecule has 17 heavy (non-hydrogen) atoms. The summed E-state index contributed by atoms with van der Waals surface area (Å²) in [6.07, 6.45) is 0. The molecule has 0 fully saturated rings. The lowest BCUT2D eigenvalue weighted by molar-refractivity contribution is 0.0697. The summed E-state index contributed by atoms with van der Waals surface area (Å²) in [5, 5.41) is 8.96. The first-order valence-corrected chi connectivity index (χ1v) is 4.87. The maximum atomic E-state index is 13.6. The molecule has 0 spiro atoms. The molecule has 0 aliphatic carbocycles. The van der Waals surface area contributed by atoms with Gasteiger partial charge in [-0.25, -0.2) is 13.6 Å². The first-order valence-electron chi connectivity index (χ1n) is 4.87. The molecule has 2 aromatic rings. The van der Waals surface area contributed by atoms with E-state index in [1.54, 1.807) is 0 Å². The minimum atomic E-state index is -1.25. The summed E-state index contributed by atoms with van der Waals surface area (Å²) in [6, 6.07) is 8.92. The number of hydrogen-bond acceptors (Lipinski definition) is 1. The van der Waals surface area contributed by atoms with Crippen LogP contribution in [0.4, 0.5) is 8.78 Å². The number of carbonyl (C=O) groups is 1. The number of aromatic carboxylic acids is 1. The van der Waals surface area contributed by atoms with Gasteiger partial charge in [0.15, 0.2) is 0 Å². The van der Waals surface area contributed by atoms with Gasteiger partial charge in [0.25, 0.3) is 0 Å². The van der Waals surface area contributed by atoms with Gasteiger partial charge >= 0.3 is 5.97 Å². The third-order valence-electron chi connectivity index (χ3n) is 2.36. The van der Waals surface area contributed by atoms with E-state index in [0.717, 1.165) is 12.1 Å². The van der Waals surface area contributed by atoms with Gasteiger partial charge in [-0.15, -0.1) is 0 Å². The molecule has 1 N–H and O–H groups in total. The van der Waals surface area contributed by atoms with Gasteiger partial charge in [-0.1, -0.05) is 18.2 Å². The van der Waals surface area contributed by atoms with Crippen LogP contribution in [0.2, 0.25) is 0 Å². The largest absolute Gasteiger partial charge is 0.478 e. The Balaban J connectivity index is 2.70. The van der Waals surface area contributed by atoms with Gasteiger partial charge in [-0.05, 0) is 29.8 Å². The lowest BCUT2D eigenvalue weighted by Gasteiger charge is -2.07. The molecule has 0 bridgehead atoms. The van der Waals surface area contributed by atoms with E-state index in [9.17, 15) is 13.6 Å². The molecule has 0 saturated carbocycles. The molecular weight excluding hydrogens is 226 g/mol. The topological polar surface area (TPSA) is 37.3 Å². The molecule has 2 rings (SSSR count). The van der Waals surface area contributed by atoms with Crippen molar-refractivity contribution in [2.75, 3.05) is 0 Å². The Hall–Kier alpha value is -2.23. The van der Waals surface area contributed by atoms with Gasteiger partial charge in [0.2, 0.25) is 0 Å². The van der Waals surface area contributed by atoms with Crippen LogP contribution in [0.25, 0.3) is 11.1 Å². The second kappa shape index (κ2) is 4.33. The van der Waals surface area contributed by atoms with Gasteiger partial charge in [0, 0.05) is 5.56 Å². The van der Waals surface area contributed by atoms with E-state index in [1.165, 1.54) is 30.3 Å². The van der Waals surface area contributed by atoms with E-state index in [4.69, 9.17) is 5.11 Å². The highest BCUT2D eigenvalue weighted by molar-refractivity contribution is 5.96. The van der Waals surface area contributed by atoms with Crippen molar-refractivity contribution < 1.29 is 18.7 Å². The number of benzene rings is 2. The fourth-order valence-corrected chi connectivity index (χ4v) is 1.64. The molecule has 0 radical (unpaired) electrons. The van der Waals surface area contributed by atoms with Crippen LogP contribution < -0.4 is 0 Å². The van der Waals surface area contributed by atoms with Crippen molar-refractivity contribution in [1.29, 1.82) is 0 Å². The summed E-state index contributed by atoms with van der Waals surface area (Å²) in [4.78, 5) is 11.0. The lowest BCUT2D eigenvalue weighted by Crippen LogP contribution is -2.01. The van der Waals surface area contributed by atoms with Crippen LogP contribution in [0.3, 0.4) is 0 Å². The van der Waals surface area contributed by atoms with Crippen LogP contribution in [0, 0.1) is 11.6 Å². The molecule has 2 aromatic carbocycles. The van der Waals surface area contributed by atoms with Crippen LogP contribution >= 0.6 is 0 Å². The van der Waals surface area contributed by atoms with Crippen molar-refractivity contribution >= 4 is 5.97 Å². The summed E-state index contributed by atoms with van der Waals surface area (Å²) < 4.78 is 26.7. The van der Waals surface area contributed by atoms with E-state index in [0.29, 0.717) is 0 Å². The Bertz CT molecular complexity index is 579. The molecule has 0 aliphatic heterocycles. The van der Waals surface area contributed by atoms with E-state index < -0.39 is 17.6 Å². The van der Waals surface area contributed by atoms with Crippen molar-refractivity contribution in [2.45, 2.75) is 0 Å². The van der Waals surface area contributed by atoms with Gasteiger partial charge in [0.1, 0.15) is 11.6 Å². The van der Waals surface area contributed by atoms with Crippen LogP contribution in [-0.2, 0) is 0 Å².